The SMILES string of the molecule is Cc1noc(C)c1S(=O)(=O)N1CCC(C(=O)OCCO)CC1. The number of hydrogen-bond donors (Lipinski definition) is 1. The third kappa shape index (κ3) is 3.31. The molecule has 2 heterocycles. The van der Waals surface area contributed by atoms with Crippen molar-refractivity contribution in [3.8, 4) is 0 Å². The Morgan fingerprint density at radius 2 is 2.05 bits per heavy atom. The summed E-state index contributed by atoms with van der Waals surface area (Å²) >= 11 is 0. The fourth-order valence-corrected chi connectivity index (χ4v) is 4.33. The van der Waals surface area contributed by atoms with Gasteiger partial charge in [-0.05, 0) is 26.7 Å². The average molecular weight is 332 g/mol. The Hall–Kier alpha value is -1.45. The van der Waals surface area contributed by atoms with E-state index in [1.807, 2.05) is 0 Å². The van der Waals surface area contributed by atoms with Crippen LogP contribution in [0.4, 0.5) is 0 Å². The Kier molecular flexibility index (Phi) is 5.20. The van der Waals surface area contributed by atoms with Gasteiger partial charge in [-0.15, -0.1) is 0 Å². The third-order valence-electron chi connectivity index (χ3n) is 3.69. The first kappa shape index (κ1) is 16.9. The van der Waals surface area contributed by atoms with E-state index in [1.165, 1.54) is 4.31 Å². The van der Waals surface area contributed by atoms with Crippen LogP contribution in [0, 0.1) is 19.8 Å². The van der Waals surface area contributed by atoms with Crippen LogP contribution < -0.4 is 0 Å². The second-order valence-electron chi connectivity index (χ2n) is 5.22. The number of piperidine rings is 1. The number of rotatable bonds is 5. The first-order valence-corrected chi connectivity index (χ1v) is 8.52. The van der Waals surface area contributed by atoms with Crippen molar-refractivity contribution in [1.82, 2.24) is 9.46 Å². The van der Waals surface area contributed by atoms with Gasteiger partial charge in [-0.1, -0.05) is 5.16 Å². The number of hydrogen-bond acceptors (Lipinski definition) is 7. The monoisotopic (exact) mass is 332 g/mol. The predicted molar refractivity (Wildman–Crippen MR) is 75.5 cm³/mol. The molecule has 1 N–H and O–H groups in total. The summed E-state index contributed by atoms with van der Waals surface area (Å²) in [5.41, 5.74) is 0.335. The number of sulfonamides is 1. The van der Waals surface area contributed by atoms with Gasteiger partial charge in [0.15, 0.2) is 5.76 Å². The van der Waals surface area contributed by atoms with Crippen molar-refractivity contribution in [2.45, 2.75) is 31.6 Å². The van der Waals surface area contributed by atoms with Gasteiger partial charge in [-0.25, -0.2) is 8.42 Å². The number of aromatic nitrogens is 1. The summed E-state index contributed by atoms with van der Waals surface area (Å²) in [6, 6.07) is 0. The molecule has 8 nitrogen and oxygen atoms in total. The minimum absolute atomic E-state index is 0.0313. The van der Waals surface area contributed by atoms with Crippen molar-refractivity contribution >= 4 is 16.0 Å². The Labute approximate surface area is 129 Å². The van der Waals surface area contributed by atoms with E-state index in [4.69, 9.17) is 14.4 Å². The lowest BCUT2D eigenvalue weighted by molar-refractivity contribution is -0.150. The van der Waals surface area contributed by atoms with Crippen LogP contribution in [0.3, 0.4) is 0 Å². The Balaban J connectivity index is 2.04. The van der Waals surface area contributed by atoms with Crippen molar-refractivity contribution in [1.29, 1.82) is 0 Å². The van der Waals surface area contributed by atoms with Crippen LogP contribution in [0.1, 0.15) is 24.3 Å². The van der Waals surface area contributed by atoms with E-state index in [2.05, 4.69) is 5.16 Å². The van der Waals surface area contributed by atoms with Gasteiger partial charge < -0.3 is 14.4 Å². The minimum atomic E-state index is -3.66. The highest BCUT2D eigenvalue weighted by atomic mass is 32.2. The number of aliphatic hydroxyl groups excluding tert-OH is 1. The lowest BCUT2D eigenvalue weighted by Crippen LogP contribution is -2.41. The molecule has 22 heavy (non-hydrogen) atoms. The van der Waals surface area contributed by atoms with E-state index in [-0.39, 0.29) is 48.8 Å². The molecule has 1 aromatic rings. The molecule has 1 aliphatic rings. The van der Waals surface area contributed by atoms with Crippen LogP contribution in [0.15, 0.2) is 9.42 Å². The molecule has 0 aromatic carbocycles. The Morgan fingerprint density at radius 1 is 1.41 bits per heavy atom. The van der Waals surface area contributed by atoms with Gasteiger partial charge in [0, 0.05) is 13.1 Å². The quantitative estimate of drug-likeness (QED) is 0.768. The van der Waals surface area contributed by atoms with Gasteiger partial charge in [-0.2, -0.15) is 4.31 Å². The summed E-state index contributed by atoms with van der Waals surface area (Å²) < 4.78 is 36.4. The highest BCUT2D eigenvalue weighted by Crippen LogP contribution is 2.27. The van der Waals surface area contributed by atoms with Crippen LogP contribution in [0.25, 0.3) is 0 Å². The van der Waals surface area contributed by atoms with Gasteiger partial charge >= 0.3 is 5.97 Å². The summed E-state index contributed by atoms with van der Waals surface area (Å²) in [6.45, 7) is 3.38. The number of carbonyl (C=O) groups excluding carboxylic acids is 1. The van der Waals surface area contributed by atoms with Crippen molar-refractivity contribution in [3.05, 3.63) is 11.5 Å². The van der Waals surface area contributed by atoms with E-state index in [1.54, 1.807) is 13.8 Å². The fourth-order valence-electron chi connectivity index (χ4n) is 2.57. The fraction of sp³-hybridized carbons (Fsp3) is 0.692. The number of nitrogens with zero attached hydrogens (tertiary/aromatic N) is 2. The maximum atomic E-state index is 12.6. The molecule has 1 aromatic heterocycles. The maximum Gasteiger partial charge on any atom is 0.309 e. The van der Waals surface area contributed by atoms with E-state index in [0.717, 1.165) is 0 Å². The molecule has 1 aliphatic heterocycles. The zero-order chi connectivity index (χ0) is 16.3. The standard InChI is InChI=1S/C13H20N2O6S/c1-9-12(10(2)21-14-9)22(18,19)15-5-3-11(4-6-15)13(17)20-8-7-16/h11,16H,3-8H2,1-2H3. The molecule has 0 amide bonds. The summed E-state index contributed by atoms with van der Waals surface area (Å²) in [5.74, 6) is -0.451. The molecule has 2 rings (SSSR count). The van der Waals surface area contributed by atoms with E-state index >= 15 is 0 Å². The first-order chi connectivity index (χ1) is 10.4. The van der Waals surface area contributed by atoms with Crippen LogP contribution in [-0.4, -0.2) is 55.3 Å². The highest BCUT2D eigenvalue weighted by Gasteiger charge is 2.35. The smallest absolute Gasteiger partial charge is 0.309 e. The van der Waals surface area contributed by atoms with E-state index in [9.17, 15) is 13.2 Å². The molecular weight excluding hydrogens is 312 g/mol. The normalized spacial score (nSPS) is 17.6. The molecule has 124 valence electrons. The molecule has 0 radical (unpaired) electrons. The lowest BCUT2D eigenvalue weighted by atomic mass is 9.98. The van der Waals surface area contributed by atoms with Gasteiger partial charge in [0.05, 0.1) is 12.5 Å². The van der Waals surface area contributed by atoms with Crippen molar-refractivity contribution in [2.24, 2.45) is 5.92 Å². The zero-order valence-electron chi connectivity index (χ0n) is 12.6. The van der Waals surface area contributed by atoms with Crippen molar-refractivity contribution in [3.63, 3.8) is 0 Å². The number of aliphatic hydroxyl groups is 1. The molecule has 9 heteroatoms. The summed E-state index contributed by atoms with van der Waals surface area (Å²) in [6.07, 6.45) is 0.791. The Morgan fingerprint density at radius 3 is 2.55 bits per heavy atom. The minimum Gasteiger partial charge on any atom is -0.463 e. The molecular formula is C13H20N2O6S. The molecule has 0 saturated carbocycles. The van der Waals surface area contributed by atoms with Gasteiger partial charge in [0.25, 0.3) is 0 Å². The van der Waals surface area contributed by atoms with E-state index < -0.39 is 10.0 Å². The van der Waals surface area contributed by atoms with Crippen molar-refractivity contribution < 1.29 is 27.6 Å². The largest absolute Gasteiger partial charge is 0.463 e. The van der Waals surface area contributed by atoms with Gasteiger partial charge in [0.1, 0.15) is 17.2 Å². The maximum absolute atomic E-state index is 12.6. The predicted octanol–water partition coefficient (Wildman–Crippen LogP) is 0.228. The average Bonchev–Trinajstić information content (AvgIpc) is 2.84. The number of carbonyl (C=O) groups is 1. The number of ether oxygens (including phenoxy) is 1. The molecule has 1 saturated heterocycles. The third-order valence-corrected chi connectivity index (χ3v) is 5.83. The number of esters is 1. The number of aryl methyl sites for hydroxylation is 2. The molecule has 1 fully saturated rings. The summed E-state index contributed by atoms with van der Waals surface area (Å²) in [4.78, 5) is 11.8. The lowest BCUT2D eigenvalue weighted by Gasteiger charge is -2.29. The first-order valence-electron chi connectivity index (χ1n) is 7.08. The van der Waals surface area contributed by atoms with Crippen LogP contribution in [0.5, 0.6) is 0 Å². The van der Waals surface area contributed by atoms with Gasteiger partial charge in [0.2, 0.25) is 10.0 Å². The second-order valence-corrected chi connectivity index (χ2v) is 7.10. The summed E-state index contributed by atoms with van der Waals surface area (Å²) in [5, 5.41) is 12.3. The molecule has 0 aliphatic carbocycles. The second kappa shape index (κ2) is 6.76. The van der Waals surface area contributed by atoms with Gasteiger partial charge in [-0.3, -0.25) is 4.79 Å². The van der Waals surface area contributed by atoms with Crippen LogP contribution >= 0.6 is 0 Å². The topological polar surface area (TPSA) is 110 Å². The molecule has 0 bridgehead atoms. The highest BCUT2D eigenvalue weighted by molar-refractivity contribution is 7.89. The van der Waals surface area contributed by atoms with Crippen LogP contribution in [0.2, 0.25) is 0 Å². The van der Waals surface area contributed by atoms with Crippen LogP contribution in [-0.2, 0) is 19.6 Å². The molecule has 0 spiro atoms. The summed E-state index contributed by atoms with van der Waals surface area (Å²) in [7, 11) is -3.66. The van der Waals surface area contributed by atoms with E-state index in [0.29, 0.717) is 18.5 Å². The van der Waals surface area contributed by atoms with Crippen molar-refractivity contribution in [2.75, 3.05) is 26.3 Å². The Bertz CT molecular complexity index is 611. The molecule has 0 atom stereocenters. The zero-order valence-corrected chi connectivity index (χ0v) is 13.4. The molecule has 0 unspecified atom stereocenters.